The van der Waals surface area contributed by atoms with Gasteiger partial charge < -0.3 is 0 Å². The largest absolute Gasteiger partial charge is 0.211 e. The fourth-order valence-corrected chi connectivity index (χ4v) is 1.81. The topological polar surface area (TPSA) is 0 Å². The molecule has 1 aromatic carbocycles. The highest BCUT2D eigenvalue weighted by atomic mass is 14.2. The number of hydrogen-bond donors (Lipinski definition) is 0. The van der Waals surface area contributed by atoms with Gasteiger partial charge in [0.2, 0.25) is 0 Å². The van der Waals surface area contributed by atoms with Crippen molar-refractivity contribution in [1.82, 2.24) is 0 Å². The molecule has 0 amide bonds. The first-order valence-corrected chi connectivity index (χ1v) is 4.86. The lowest BCUT2D eigenvalue weighted by molar-refractivity contribution is 0.839. The number of aryl methyl sites for hydroxylation is 1. The van der Waals surface area contributed by atoms with Gasteiger partial charge in [-0.1, -0.05) is 37.6 Å². The van der Waals surface area contributed by atoms with E-state index in [4.69, 9.17) is 0 Å². The van der Waals surface area contributed by atoms with Crippen LogP contribution < -0.4 is 0 Å². The van der Waals surface area contributed by atoms with E-state index in [1.165, 1.54) is 16.7 Å². The molecule has 0 N–H and O–H groups in total. The van der Waals surface area contributed by atoms with Gasteiger partial charge in [0.25, 0.3) is 0 Å². The lowest BCUT2D eigenvalue weighted by Crippen LogP contribution is -1.96. The van der Waals surface area contributed by atoms with Gasteiger partial charge in [-0.05, 0) is 12.3 Å². The van der Waals surface area contributed by atoms with Gasteiger partial charge >= 0.3 is 0 Å². The van der Waals surface area contributed by atoms with Crippen LogP contribution in [0.2, 0.25) is 0 Å². The van der Waals surface area contributed by atoms with Crippen molar-refractivity contribution >= 4 is 0 Å². The molecule has 0 radical (unpaired) electrons. The first-order valence-electron chi connectivity index (χ1n) is 4.86. The van der Waals surface area contributed by atoms with Crippen molar-refractivity contribution in [3.63, 3.8) is 0 Å². The molecule has 0 heteroatoms. The van der Waals surface area contributed by atoms with Gasteiger partial charge in [0.15, 0.2) is 0 Å². The summed E-state index contributed by atoms with van der Waals surface area (Å²) in [5.74, 6) is 0.634. The molecule has 0 nitrogen and oxygen atoms in total. The zero-order valence-electron chi connectivity index (χ0n) is 8.25. The van der Waals surface area contributed by atoms with Crippen LogP contribution in [-0.4, -0.2) is 0 Å². The smallest absolute Gasteiger partial charge is 0.00429 e. The zero-order valence-corrected chi connectivity index (χ0v) is 8.25. The van der Waals surface area contributed by atoms with Crippen LogP contribution in [0.4, 0.5) is 0 Å². The molecule has 13 heavy (non-hydrogen) atoms. The Morgan fingerprint density at radius 2 is 2.31 bits per heavy atom. The minimum absolute atomic E-state index is 0.634. The van der Waals surface area contributed by atoms with Crippen LogP contribution in [0.15, 0.2) is 42.0 Å². The van der Waals surface area contributed by atoms with E-state index in [2.05, 4.69) is 50.3 Å². The number of hydrogen-bond acceptors (Lipinski definition) is 0. The molecule has 1 unspecified atom stereocenters. The van der Waals surface area contributed by atoms with Gasteiger partial charge in [-0.15, -0.1) is 0 Å². The highest BCUT2D eigenvalue weighted by molar-refractivity contribution is 5.36. The average molecular weight is 171 g/mol. The van der Waals surface area contributed by atoms with E-state index < -0.39 is 0 Å². The molecular formula is C13H15-. The molecule has 68 valence electrons. The minimum atomic E-state index is 0.634. The molecule has 0 aliphatic heterocycles. The Kier molecular flexibility index (Phi) is 2.13. The van der Waals surface area contributed by atoms with Crippen LogP contribution in [0.5, 0.6) is 0 Å². The third kappa shape index (κ3) is 1.62. The second kappa shape index (κ2) is 3.29. The van der Waals surface area contributed by atoms with Crippen molar-refractivity contribution in [2.75, 3.05) is 0 Å². The fraction of sp³-hybridized carbons (Fsp3) is 0.308. The summed E-state index contributed by atoms with van der Waals surface area (Å²) in [5, 5.41) is 0. The van der Waals surface area contributed by atoms with Crippen LogP contribution in [0.25, 0.3) is 0 Å². The number of rotatable bonds is 2. The molecule has 2 rings (SSSR count). The Labute approximate surface area is 80.0 Å². The molecule has 0 spiro atoms. The third-order valence-electron chi connectivity index (χ3n) is 2.84. The molecule has 1 aromatic rings. The Morgan fingerprint density at radius 3 is 2.85 bits per heavy atom. The lowest BCUT2D eigenvalue weighted by atomic mass is 9.97. The van der Waals surface area contributed by atoms with Gasteiger partial charge in [0.05, 0.1) is 0 Å². The standard InChI is InChI=1S/C13H15/c1-10-5-3-7-12(10)9-13-8-4-6-11(13)2/h3-8,10H,9H2,1-2H3/q-1. The molecule has 0 saturated carbocycles. The molecule has 0 saturated heterocycles. The second-order valence-corrected chi connectivity index (χ2v) is 3.83. The van der Waals surface area contributed by atoms with Crippen molar-refractivity contribution in [2.45, 2.75) is 20.3 Å². The molecule has 0 aromatic heterocycles. The fourth-order valence-electron chi connectivity index (χ4n) is 1.81. The second-order valence-electron chi connectivity index (χ2n) is 3.83. The van der Waals surface area contributed by atoms with Gasteiger partial charge in [-0.3, -0.25) is 0 Å². The summed E-state index contributed by atoms with van der Waals surface area (Å²) in [6.07, 6.45) is 7.79. The van der Waals surface area contributed by atoms with E-state index in [1.54, 1.807) is 0 Å². The molecule has 1 atom stereocenters. The van der Waals surface area contributed by atoms with Crippen molar-refractivity contribution in [3.8, 4) is 0 Å². The Morgan fingerprint density at radius 1 is 1.46 bits per heavy atom. The van der Waals surface area contributed by atoms with E-state index in [1.807, 2.05) is 0 Å². The van der Waals surface area contributed by atoms with Crippen LogP contribution in [0.1, 0.15) is 18.1 Å². The predicted octanol–water partition coefficient (Wildman–Crippen LogP) is 3.39. The zero-order chi connectivity index (χ0) is 9.26. The summed E-state index contributed by atoms with van der Waals surface area (Å²) in [6.45, 7) is 4.44. The summed E-state index contributed by atoms with van der Waals surface area (Å²) in [6, 6.07) is 6.54. The van der Waals surface area contributed by atoms with E-state index in [-0.39, 0.29) is 0 Å². The number of allylic oxidation sites excluding steroid dienone is 4. The van der Waals surface area contributed by atoms with E-state index in [0.29, 0.717) is 5.92 Å². The molecule has 1 aliphatic carbocycles. The van der Waals surface area contributed by atoms with Gasteiger partial charge in [0.1, 0.15) is 0 Å². The third-order valence-corrected chi connectivity index (χ3v) is 2.84. The maximum Gasteiger partial charge on any atom is -0.00429 e. The summed E-state index contributed by atoms with van der Waals surface area (Å²) in [5.41, 5.74) is 4.43. The highest BCUT2D eigenvalue weighted by Gasteiger charge is 2.08. The predicted molar refractivity (Wildman–Crippen MR) is 56.9 cm³/mol. The molecule has 0 fully saturated rings. The Bertz CT molecular complexity index is 350. The SMILES string of the molecule is Cc1cc[cH-]c1CC1=CC=CC1C. The minimum Gasteiger partial charge on any atom is -0.211 e. The van der Waals surface area contributed by atoms with Gasteiger partial charge in [-0.25, -0.2) is 6.07 Å². The van der Waals surface area contributed by atoms with E-state index in [0.717, 1.165) is 6.42 Å². The van der Waals surface area contributed by atoms with Crippen molar-refractivity contribution in [2.24, 2.45) is 5.92 Å². The van der Waals surface area contributed by atoms with E-state index in [9.17, 15) is 0 Å². The van der Waals surface area contributed by atoms with Crippen molar-refractivity contribution in [3.05, 3.63) is 53.1 Å². The monoisotopic (exact) mass is 171 g/mol. The first-order chi connectivity index (χ1) is 6.27. The first kappa shape index (κ1) is 8.43. The molecule has 1 aliphatic rings. The maximum absolute atomic E-state index is 2.26. The normalized spacial score (nSPS) is 20.8. The quantitative estimate of drug-likeness (QED) is 0.598. The lowest BCUT2D eigenvalue weighted by Gasteiger charge is -2.12. The Hall–Kier alpha value is -1.17. The average Bonchev–Trinajstić information content (AvgIpc) is 2.65. The highest BCUT2D eigenvalue weighted by Crippen LogP contribution is 2.24. The van der Waals surface area contributed by atoms with Crippen molar-refractivity contribution < 1.29 is 0 Å². The summed E-state index contributed by atoms with van der Waals surface area (Å²) >= 11 is 0. The van der Waals surface area contributed by atoms with Gasteiger partial charge in [-0.2, -0.15) is 23.3 Å². The summed E-state index contributed by atoms with van der Waals surface area (Å²) < 4.78 is 0. The summed E-state index contributed by atoms with van der Waals surface area (Å²) in [7, 11) is 0. The molecule has 0 heterocycles. The van der Waals surface area contributed by atoms with Crippen LogP contribution in [-0.2, 0) is 6.42 Å². The molecule has 0 bridgehead atoms. The summed E-state index contributed by atoms with van der Waals surface area (Å²) in [4.78, 5) is 0. The molecular weight excluding hydrogens is 156 g/mol. The van der Waals surface area contributed by atoms with Gasteiger partial charge in [0, 0.05) is 0 Å². The van der Waals surface area contributed by atoms with Crippen molar-refractivity contribution in [1.29, 1.82) is 0 Å². The Balaban J connectivity index is 2.12. The van der Waals surface area contributed by atoms with E-state index >= 15 is 0 Å². The van der Waals surface area contributed by atoms with Crippen LogP contribution >= 0.6 is 0 Å². The van der Waals surface area contributed by atoms with Crippen LogP contribution in [0, 0.1) is 12.8 Å². The van der Waals surface area contributed by atoms with Crippen LogP contribution in [0.3, 0.4) is 0 Å². The maximum atomic E-state index is 2.26.